The van der Waals surface area contributed by atoms with E-state index in [1.807, 2.05) is 24.3 Å². The van der Waals surface area contributed by atoms with E-state index < -0.39 is 15.7 Å². The van der Waals surface area contributed by atoms with Crippen LogP contribution in [-0.4, -0.2) is 30.1 Å². The molecular formula is C16H14ClN3O3S. The molecule has 0 bridgehead atoms. The Morgan fingerprint density at radius 2 is 1.92 bits per heavy atom. The Hall–Kier alpha value is -2.38. The van der Waals surface area contributed by atoms with E-state index in [2.05, 4.69) is 10.3 Å². The lowest BCUT2D eigenvalue weighted by atomic mass is 10.2. The van der Waals surface area contributed by atoms with Gasteiger partial charge in [0.05, 0.1) is 26.5 Å². The number of para-hydroxylation sites is 2. The summed E-state index contributed by atoms with van der Waals surface area (Å²) in [6.45, 7) is 0. The summed E-state index contributed by atoms with van der Waals surface area (Å²) >= 11 is 6.06. The smallest absolute Gasteiger partial charge is 0.259 e. The van der Waals surface area contributed by atoms with Crippen LogP contribution in [-0.2, 0) is 16.9 Å². The summed E-state index contributed by atoms with van der Waals surface area (Å²) in [5.41, 5.74) is 1.82. The molecule has 0 saturated carbocycles. The minimum Gasteiger partial charge on any atom is -0.313 e. The van der Waals surface area contributed by atoms with Gasteiger partial charge in [-0.3, -0.25) is 10.1 Å². The van der Waals surface area contributed by atoms with Gasteiger partial charge in [0.1, 0.15) is 0 Å². The van der Waals surface area contributed by atoms with Gasteiger partial charge in [-0.2, -0.15) is 0 Å². The molecule has 0 atom stereocenters. The van der Waals surface area contributed by atoms with Crippen molar-refractivity contribution >= 4 is 44.3 Å². The van der Waals surface area contributed by atoms with Crippen LogP contribution in [0.1, 0.15) is 10.4 Å². The van der Waals surface area contributed by atoms with Gasteiger partial charge in [0.15, 0.2) is 9.84 Å². The molecule has 3 aromatic rings. The highest BCUT2D eigenvalue weighted by Crippen LogP contribution is 2.23. The molecule has 8 heteroatoms. The molecule has 1 heterocycles. The number of hydrogen-bond donors (Lipinski definition) is 1. The monoisotopic (exact) mass is 363 g/mol. The van der Waals surface area contributed by atoms with Crippen molar-refractivity contribution in [3.8, 4) is 0 Å². The van der Waals surface area contributed by atoms with E-state index >= 15 is 0 Å². The number of nitrogens with one attached hydrogen (secondary N) is 1. The number of aromatic nitrogens is 2. The maximum absolute atomic E-state index is 12.4. The third kappa shape index (κ3) is 3.00. The molecule has 0 fully saturated rings. The van der Waals surface area contributed by atoms with Crippen LogP contribution in [0.15, 0.2) is 47.4 Å². The summed E-state index contributed by atoms with van der Waals surface area (Å²) in [6.07, 6.45) is 1.08. The average molecular weight is 364 g/mol. The van der Waals surface area contributed by atoms with Gasteiger partial charge >= 0.3 is 0 Å². The summed E-state index contributed by atoms with van der Waals surface area (Å²) in [6, 6.07) is 11.5. The molecule has 124 valence electrons. The summed E-state index contributed by atoms with van der Waals surface area (Å²) < 4.78 is 24.8. The molecule has 0 unspecified atom stereocenters. The lowest BCUT2D eigenvalue weighted by Crippen LogP contribution is -2.15. The first-order chi connectivity index (χ1) is 11.3. The second-order valence-electron chi connectivity index (χ2n) is 5.35. The van der Waals surface area contributed by atoms with Crippen molar-refractivity contribution in [2.45, 2.75) is 4.90 Å². The summed E-state index contributed by atoms with van der Waals surface area (Å²) in [7, 11) is -1.59. The predicted molar refractivity (Wildman–Crippen MR) is 93.2 cm³/mol. The van der Waals surface area contributed by atoms with Crippen molar-refractivity contribution in [3.05, 3.63) is 53.1 Å². The molecule has 0 aliphatic rings. The lowest BCUT2D eigenvalue weighted by Gasteiger charge is -2.08. The Morgan fingerprint density at radius 1 is 1.21 bits per heavy atom. The number of sulfone groups is 1. The van der Waals surface area contributed by atoms with Gasteiger partial charge in [0.25, 0.3) is 5.91 Å². The van der Waals surface area contributed by atoms with E-state index in [1.54, 1.807) is 11.6 Å². The molecule has 1 amide bonds. The van der Waals surface area contributed by atoms with E-state index in [0.29, 0.717) is 5.95 Å². The zero-order valence-corrected chi connectivity index (χ0v) is 14.5. The Labute approximate surface area is 144 Å². The Morgan fingerprint density at radius 3 is 2.54 bits per heavy atom. The van der Waals surface area contributed by atoms with E-state index in [-0.39, 0.29) is 15.5 Å². The first kappa shape index (κ1) is 16.5. The minimum atomic E-state index is -3.38. The van der Waals surface area contributed by atoms with Crippen LogP contribution in [0, 0.1) is 0 Å². The van der Waals surface area contributed by atoms with Crippen molar-refractivity contribution in [3.63, 3.8) is 0 Å². The number of carbonyl (C=O) groups excluding carboxylic acids is 1. The third-order valence-electron chi connectivity index (χ3n) is 3.63. The summed E-state index contributed by atoms with van der Waals surface area (Å²) in [5.74, 6) is -0.0806. The molecule has 6 nitrogen and oxygen atoms in total. The molecule has 0 spiro atoms. The number of imidazole rings is 1. The quantitative estimate of drug-likeness (QED) is 0.775. The first-order valence-electron chi connectivity index (χ1n) is 7.00. The van der Waals surface area contributed by atoms with Crippen LogP contribution in [0.2, 0.25) is 5.02 Å². The van der Waals surface area contributed by atoms with E-state index in [1.165, 1.54) is 18.2 Å². The molecule has 0 radical (unpaired) electrons. The predicted octanol–water partition coefficient (Wildman–Crippen LogP) is 2.88. The van der Waals surface area contributed by atoms with Crippen LogP contribution in [0.5, 0.6) is 0 Å². The normalized spacial score (nSPS) is 11.6. The van der Waals surface area contributed by atoms with E-state index in [9.17, 15) is 13.2 Å². The molecule has 0 aliphatic carbocycles. The van der Waals surface area contributed by atoms with Crippen LogP contribution in [0.3, 0.4) is 0 Å². The number of nitrogens with zero attached hydrogens (tertiary/aromatic N) is 2. The number of benzene rings is 2. The molecule has 2 aromatic carbocycles. The van der Waals surface area contributed by atoms with Gasteiger partial charge in [-0.15, -0.1) is 0 Å². The maximum Gasteiger partial charge on any atom is 0.259 e. The molecule has 1 N–H and O–H groups in total. The summed E-state index contributed by atoms with van der Waals surface area (Å²) in [4.78, 5) is 16.8. The number of hydrogen-bond acceptors (Lipinski definition) is 4. The van der Waals surface area contributed by atoms with Gasteiger partial charge in [-0.05, 0) is 30.3 Å². The van der Waals surface area contributed by atoms with Crippen LogP contribution < -0.4 is 5.32 Å². The fourth-order valence-electron chi connectivity index (χ4n) is 2.34. The van der Waals surface area contributed by atoms with E-state index in [4.69, 9.17) is 11.6 Å². The topological polar surface area (TPSA) is 81.1 Å². The number of halogens is 1. The zero-order valence-electron chi connectivity index (χ0n) is 12.9. The molecular weight excluding hydrogens is 350 g/mol. The van der Waals surface area contributed by atoms with Crippen molar-refractivity contribution in [2.24, 2.45) is 7.05 Å². The van der Waals surface area contributed by atoms with Crippen molar-refractivity contribution in [1.29, 1.82) is 0 Å². The van der Waals surface area contributed by atoms with Gasteiger partial charge in [0, 0.05) is 13.3 Å². The minimum absolute atomic E-state index is 0.0618. The van der Waals surface area contributed by atoms with Gasteiger partial charge < -0.3 is 4.57 Å². The molecule has 0 saturated heterocycles. The Kier molecular flexibility index (Phi) is 4.06. The highest BCUT2D eigenvalue weighted by atomic mass is 35.5. The van der Waals surface area contributed by atoms with Crippen LogP contribution in [0.4, 0.5) is 5.95 Å². The molecule has 1 aromatic heterocycles. The highest BCUT2D eigenvalue weighted by Gasteiger charge is 2.17. The number of amides is 1. The number of anilines is 1. The maximum atomic E-state index is 12.4. The standard InChI is InChI=1S/C16H14ClN3O3S/c1-20-14-6-4-3-5-13(14)18-16(20)19-15(21)11-8-7-10(9-12(11)17)24(2,22)23/h3-9H,1-2H3,(H,18,19,21). The van der Waals surface area contributed by atoms with Gasteiger partial charge in [-0.25, -0.2) is 13.4 Å². The Balaban J connectivity index is 1.93. The number of fused-ring (bicyclic) bond motifs is 1. The highest BCUT2D eigenvalue weighted by molar-refractivity contribution is 7.90. The fraction of sp³-hybridized carbons (Fsp3) is 0.125. The second-order valence-corrected chi connectivity index (χ2v) is 7.77. The third-order valence-corrected chi connectivity index (χ3v) is 5.05. The van der Waals surface area contributed by atoms with Crippen molar-refractivity contribution in [1.82, 2.24) is 9.55 Å². The number of rotatable bonds is 3. The van der Waals surface area contributed by atoms with E-state index in [0.717, 1.165) is 17.3 Å². The lowest BCUT2D eigenvalue weighted by molar-refractivity contribution is 0.102. The van der Waals surface area contributed by atoms with Gasteiger partial charge in [0.2, 0.25) is 5.95 Å². The SMILES string of the molecule is Cn1c(NC(=O)c2ccc(S(C)(=O)=O)cc2Cl)nc2ccccc21. The number of carbonyl (C=O) groups is 1. The average Bonchev–Trinajstić information content (AvgIpc) is 2.83. The van der Waals surface area contributed by atoms with Crippen molar-refractivity contribution in [2.75, 3.05) is 11.6 Å². The molecule has 24 heavy (non-hydrogen) atoms. The van der Waals surface area contributed by atoms with Crippen LogP contribution >= 0.6 is 11.6 Å². The zero-order chi connectivity index (χ0) is 17.5. The fourth-order valence-corrected chi connectivity index (χ4v) is 3.32. The first-order valence-corrected chi connectivity index (χ1v) is 9.27. The molecule has 3 rings (SSSR count). The van der Waals surface area contributed by atoms with Crippen LogP contribution in [0.25, 0.3) is 11.0 Å². The van der Waals surface area contributed by atoms with Gasteiger partial charge in [-0.1, -0.05) is 23.7 Å². The summed E-state index contributed by atoms with van der Waals surface area (Å²) in [5, 5.41) is 2.76. The second kappa shape index (κ2) is 5.92. The Bertz CT molecular complexity index is 1060. The molecule has 0 aliphatic heterocycles. The van der Waals surface area contributed by atoms with Crippen molar-refractivity contribution < 1.29 is 13.2 Å². The largest absolute Gasteiger partial charge is 0.313 e. The number of aryl methyl sites for hydroxylation is 1.